The molecule has 0 radical (unpaired) electrons. The summed E-state index contributed by atoms with van der Waals surface area (Å²) in [6, 6.07) is 7.13. The quantitative estimate of drug-likeness (QED) is 0.807. The summed E-state index contributed by atoms with van der Waals surface area (Å²) in [5, 5.41) is 0. The van der Waals surface area contributed by atoms with E-state index in [0.717, 1.165) is 18.4 Å². The van der Waals surface area contributed by atoms with E-state index in [1.54, 1.807) is 12.0 Å². The molecule has 27 heavy (non-hydrogen) atoms. The summed E-state index contributed by atoms with van der Waals surface area (Å²) in [6.07, 6.45) is 1.02. The first-order valence-electron chi connectivity index (χ1n) is 9.58. The van der Waals surface area contributed by atoms with Crippen molar-refractivity contribution >= 4 is 11.8 Å². The largest absolute Gasteiger partial charge is 0.497 e. The predicted octanol–water partition coefficient (Wildman–Crippen LogP) is 2.09. The third kappa shape index (κ3) is 3.65. The Morgan fingerprint density at radius 1 is 1.15 bits per heavy atom. The van der Waals surface area contributed by atoms with Crippen molar-refractivity contribution in [2.75, 3.05) is 26.8 Å². The van der Waals surface area contributed by atoms with E-state index in [2.05, 4.69) is 0 Å². The number of ether oxygens (including phenoxy) is 2. The predicted molar refractivity (Wildman–Crippen MR) is 96.1 cm³/mol. The van der Waals surface area contributed by atoms with E-state index in [9.17, 15) is 14.0 Å². The summed E-state index contributed by atoms with van der Waals surface area (Å²) in [5.41, 5.74) is 0.856. The Bertz CT molecular complexity index is 698. The van der Waals surface area contributed by atoms with Crippen LogP contribution in [0.25, 0.3) is 0 Å². The van der Waals surface area contributed by atoms with Crippen LogP contribution in [0.2, 0.25) is 0 Å². The molecule has 4 rings (SSSR count). The van der Waals surface area contributed by atoms with Crippen molar-refractivity contribution in [3.63, 3.8) is 0 Å². The average Bonchev–Trinajstić information content (AvgIpc) is 3.53. The van der Waals surface area contributed by atoms with Crippen molar-refractivity contribution in [3.8, 4) is 5.75 Å². The highest BCUT2D eigenvalue weighted by molar-refractivity contribution is 5.87. The van der Waals surface area contributed by atoms with Gasteiger partial charge in [-0.2, -0.15) is 0 Å². The minimum Gasteiger partial charge on any atom is -0.497 e. The lowest BCUT2D eigenvalue weighted by molar-refractivity contribution is -0.171. The molecule has 146 valence electrons. The number of piperidine rings is 1. The van der Waals surface area contributed by atoms with Gasteiger partial charge in [-0.05, 0) is 43.4 Å². The van der Waals surface area contributed by atoms with E-state index in [-0.39, 0.29) is 24.5 Å². The Hall–Kier alpha value is -2.15. The molecule has 0 unspecified atom stereocenters. The molecule has 2 aliphatic heterocycles. The van der Waals surface area contributed by atoms with E-state index in [4.69, 9.17) is 9.47 Å². The van der Waals surface area contributed by atoms with Crippen LogP contribution in [0.1, 0.15) is 37.3 Å². The maximum atomic E-state index is 13.5. The fourth-order valence-corrected chi connectivity index (χ4v) is 4.00. The lowest BCUT2D eigenvalue weighted by Crippen LogP contribution is -2.56. The molecule has 7 heteroatoms. The summed E-state index contributed by atoms with van der Waals surface area (Å²) in [5.74, 6) is 0.485. The molecule has 0 N–H and O–H groups in total. The highest BCUT2D eigenvalue weighted by Gasteiger charge is 2.48. The molecular weight excluding hydrogens is 351 g/mol. The van der Waals surface area contributed by atoms with Gasteiger partial charge < -0.3 is 19.3 Å². The molecule has 0 bridgehead atoms. The highest BCUT2D eigenvalue weighted by Crippen LogP contribution is 2.40. The summed E-state index contributed by atoms with van der Waals surface area (Å²) < 4.78 is 24.4. The van der Waals surface area contributed by atoms with Gasteiger partial charge >= 0.3 is 0 Å². The van der Waals surface area contributed by atoms with Crippen LogP contribution in [-0.2, 0) is 14.3 Å². The fourth-order valence-electron chi connectivity index (χ4n) is 4.00. The smallest absolute Gasteiger partial charge is 0.254 e. The lowest BCUT2D eigenvalue weighted by Gasteiger charge is -2.43. The van der Waals surface area contributed by atoms with Crippen LogP contribution in [-0.4, -0.2) is 66.7 Å². The number of benzene rings is 1. The lowest BCUT2D eigenvalue weighted by atomic mass is 9.95. The SMILES string of the molecule is COc1ccc([C@@H]2[C@@H](C(=O)N3CCC(F)CC3)OCC(=O)N2C2CC2)cc1. The van der Waals surface area contributed by atoms with Crippen molar-refractivity contribution in [1.82, 2.24) is 9.80 Å². The molecule has 1 aromatic rings. The Labute approximate surface area is 158 Å². The molecule has 0 aromatic heterocycles. The van der Waals surface area contributed by atoms with Gasteiger partial charge in [-0.3, -0.25) is 9.59 Å². The zero-order chi connectivity index (χ0) is 19.0. The molecule has 0 spiro atoms. The molecule has 1 saturated carbocycles. The van der Waals surface area contributed by atoms with E-state index in [1.807, 2.05) is 29.2 Å². The van der Waals surface area contributed by atoms with Crippen LogP contribution < -0.4 is 4.74 Å². The maximum absolute atomic E-state index is 13.5. The number of halogens is 1. The van der Waals surface area contributed by atoms with Gasteiger partial charge in [0.15, 0.2) is 6.10 Å². The van der Waals surface area contributed by atoms with Gasteiger partial charge in [-0.15, -0.1) is 0 Å². The molecule has 3 aliphatic rings. The van der Waals surface area contributed by atoms with E-state index in [1.165, 1.54) is 0 Å². The molecular formula is C20H25FN2O4. The Morgan fingerprint density at radius 2 is 1.81 bits per heavy atom. The third-order valence-electron chi connectivity index (χ3n) is 5.64. The minimum atomic E-state index is -0.844. The van der Waals surface area contributed by atoms with Crippen LogP contribution in [0.3, 0.4) is 0 Å². The number of alkyl halides is 1. The van der Waals surface area contributed by atoms with Crippen LogP contribution in [0.5, 0.6) is 5.75 Å². The molecule has 6 nitrogen and oxygen atoms in total. The van der Waals surface area contributed by atoms with Gasteiger partial charge in [0, 0.05) is 19.1 Å². The molecule has 3 fully saturated rings. The van der Waals surface area contributed by atoms with Gasteiger partial charge in [0.25, 0.3) is 5.91 Å². The van der Waals surface area contributed by atoms with Crippen molar-refractivity contribution in [3.05, 3.63) is 29.8 Å². The summed E-state index contributed by atoms with van der Waals surface area (Å²) in [4.78, 5) is 29.3. The highest BCUT2D eigenvalue weighted by atomic mass is 19.1. The normalized spacial score (nSPS) is 27.0. The van der Waals surface area contributed by atoms with Crippen molar-refractivity contribution < 1.29 is 23.5 Å². The molecule has 2 atom stereocenters. The summed E-state index contributed by atoms with van der Waals surface area (Å²) in [6.45, 7) is 0.707. The average molecular weight is 376 g/mol. The minimum absolute atomic E-state index is 0.0789. The molecule has 1 aliphatic carbocycles. The third-order valence-corrected chi connectivity index (χ3v) is 5.64. The molecule has 2 amide bonds. The van der Waals surface area contributed by atoms with Crippen LogP contribution >= 0.6 is 0 Å². The number of amides is 2. The fraction of sp³-hybridized carbons (Fsp3) is 0.600. The number of nitrogens with zero attached hydrogens (tertiary/aromatic N) is 2. The van der Waals surface area contributed by atoms with Gasteiger partial charge in [-0.25, -0.2) is 4.39 Å². The number of methoxy groups -OCH3 is 1. The number of carbonyl (C=O) groups is 2. The number of hydrogen-bond donors (Lipinski definition) is 0. The Balaban J connectivity index is 1.63. The van der Waals surface area contributed by atoms with Crippen molar-refractivity contribution in [2.45, 2.75) is 50.0 Å². The van der Waals surface area contributed by atoms with E-state index in [0.29, 0.717) is 31.7 Å². The number of morpholine rings is 1. The first-order valence-corrected chi connectivity index (χ1v) is 9.58. The Kier molecular flexibility index (Phi) is 5.04. The summed E-state index contributed by atoms with van der Waals surface area (Å²) in [7, 11) is 1.60. The first-order chi connectivity index (χ1) is 13.1. The Morgan fingerprint density at radius 3 is 2.41 bits per heavy atom. The van der Waals surface area contributed by atoms with E-state index < -0.39 is 18.3 Å². The molecule has 1 aromatic carbocycles. The van der Waals surface area contributed by atoms with Gasteiger partial charge in [0.1, 0.15) is 18.5 Å². The summed E-state index contributed by atoms with van der Waals surface area (Å²) >= 11 is 0. The second kappa shape index (κ2) is 7.46. The standard InChI is InChI=1S/C20H25FN2O4/c1-26-16-6-2-13(3-7-16)18-19(20(25)22-10-8-14(21)9-11-22)27-12-17(24)23(18)15-4-5-15/h2-3,6-7,14-15,18-19H,4-5,8-12H2,1H3/t18-,19+/m1/s1. The van der Waals surface area contributed by atoms with Gasteiger partial charge in [0.05, 0.1) is 13.2 Å². The number of rotatable bonds is 4. The number of hydrogen-bond acceptors (Lipinski definition) is 4. The van der Waals surface area contributed by atoms with Gasteiger partial charge in [-0.1, -0.05) is 12.1 Å². The van der Waals surface area contributed by atoms with Crippen molar-refractivity contribution in [1.29, 1.82) is 0 Å². The number of likely N-dealkylation sites (tertiary alicyclic amines) is 1. The second-order valence-electron chi connectivity index (χ2n) is 7.48. The zero-order valence-electron chi connectivity index (χ0n) is 15.5. The second-order valence-corrected chi connectivity index (χ2v) is 7.48. The molecule has 2 heterocycles. The van der Waals surface area contributed by atoms with Crippen LogP contribution in [0.4, 0.5) is 4.39 Å². The van der Waals surface area contributed by atoms with Crippen LogP contribution in [0.15, 0.2) is 24.3 Å². The topological polar surface area (TPSA) is 59.1 Å². The first kappa shape index (κ1) is 18.2. The van der Waals surface area contributed by atoms with Gasteiger partial charge in [0.2, 0.25) is 5.91 Å². The van der Waals surface area contributed by atoms with Crippen LogP contribution in [0, 0.1) is 0 Å². The monoisotopic (exact) mass is 376 g/mol. The number of carbonyl (C=O) groups excluding carboxylic acids is 2. The zero-order valence-corrected chi connectivity index (χ0v) is 15.5. The van der Waals surface area contributed by atoms with Crippen molar-refractivity contribution in [2.24, 2.45) is 0 Å². The molecule has 2 saturated heterocycles. The maximum Gasteiger partial charge on any atom is 0.254 e. The van der Waals surface area contributed by atoms with E-state index >= 15 is 0 Å².